The standard InChI is InChI=1S/C20H24FN3O3/c1-12(2)10-23(11-18(25)26)20(27)19-14-5-4-6-16(14)24(22-19)17-8-7-13(3)9-15(17)21/h7-9,12H,4-6,10-11H2,1-3H3,(H,25,26). The van der Waals surface area contributed by atoms with E-state index in [4.69, 9.17) is 5.11 Å². The Kier molecular flexibility index (Phi) is 5.30. The SMILES string of the molecule is Cc1ccc(-n2nc(C(=O)N(CC(=O)O)CC(C)C)c3c2CCC3)c(F)c1. The number of benzene rings is 1. The summed E-state index contributed by atoms with van der Waals surface area (Å²) >= 11 is 0. The summed E-state index contributed by atoms with van der Waals surface area (Å²) < 4.78 is 16.0. The van der Waals surface area contributed by atoms with Gasteiger partial charge < -0.3 is 10.0 Å². The number of rotatable bonds is 6. The van der Waals surface area contributed by atoms with E-state index >= 15 is 0 Å². The molecule has 0 saturated heterocycles. The molecule has 0 unspecified atom stereocenters. The molecule has 0 radical (unpaired) electrons. The van der Waals surface area contributed by atoms with Gasteiger partial charge in [-0.15, -0.1) is 0 Å². The molecule has 0 atom stereocenters. The van der Waals surface area contributed by atoms with Gasteiger partial charge in [0.25, 0.3) is 5.91 Å². The molecule has 0 fully saturated rings. The van der Waals surface area contributed by atoms with Gasteiger partial charge in [-0.05, 0) is 49.8 Å². The molecule has 7 heteroatoms. The maximum atomic E-state index is 14.5. The smallest absolute Gasteiger partial charge is 0.323 e. The van der Waals surface area contributed by atoms with Crippen LogP contribution in [0.2, 0.25) is 0 Å². The molecule has 1 aliphatic rings. The van der Waals surface area contributed by atoms with E-state index in [0.717, 1.165) is 23.2 Å². The lowest BCUT2D eigenvalue weighted by atomic mass is 10.1. The third kappa shape index (κ3) is 3.86. The number of aromatic nitrogens is 2. The van der Waals surface area contributed by atoms with Crippen LogP contribution < -0.4 is 0 Å². The average molecular weight is 373 g/mol. The first-order chi connectivity index (χ1) is 12.8. The number of carbonyl (C=O) groups is 2. The Bertz CT molecular complexity index is 889. The van der Waals surface area contributed by atoms with E-state index in [2.05, 4.69) is 5.10 Å². The van der Waals surface area contributed by atoms with Gasteiger partial charge in [-0.3, -0.25) is 9.59 Å². The highest BCUT2D eigenvalue weighted by molar-refractivity contribution is 5.96. The van der Waals surface area contributed by atoms with Gasteiger partial charge in [0.1, 0.15) is 18.0 Å². The Hall–Kier alpha value is -2.70. The predicted octanol–water partition coefficient (Wildman–Crippen LogP) is 2.99. The van der Waals surface area contributed by atoms with Gasteiger partial charge in [0.15, 0.2) is 5.69 Å². The molecule has 1 heterocycles. The molecule has 1 amide bonds. The molecular weight excluding hydrogens is 349 g/mol. The maximum Gasteiger partial charge on any atom is 0.323 e. The average Bonchev–Trinajstić information content (AvgIpc) is 3.15. The van der Waals surface area contributed by atoms with Gasteiger partial charge >= 0.3 is 5.97 Å². The van der Waals surface area contributed by atoms with Crippen molar-refractivity contribution < 1.29 is 19.1 Å². The third-order valence-electron chi connectivity index (χ3n) is 4.66. The Morgan fingerprint density at radius 3 is 2.70 bits per heavy atom. The predicted molar refractivity (Wildman–Crippen MR) is 98.7 cm³/mol. The van der Waals surface area contributed by atoms with Crippen LogP contribution in [0.25, 0.3) is 5.69 Å². The minimum atomic E-state index is -1.07. The molecule has 0 spiro atoms. The van der Waals surface area contributed by atoms with Gasteiger partial charge in [0, 0.05) is 17.8 Å². The molecule has 6 nitrogen and oxygen atoms in total. The monoisotopic (exact) mass is 373 g/mol. The van der Waals surface area contributed by atoms with Crippen molar-refractivity contribution in [3.8, 4) is 5.69 Å². The lowest BCUT2D eigenvalue weighted by Gasteiger charge is -2.22. The minimum absolute atomic E-state index is 0.123. The first kappa shape index (κ1) is 19.1. The molecule has 1 aromatic heterocycles. The fourth-order valence-electron chi connectivity index (χ4n) is 3.57. The molecule has 144 valence electrons. The molecule has 0 bridgehead atoms. The van der Waals surface area contributed by atoms with Crippen LogP contribution in [0.3, 0.4) is 0 Å². The number of nitrogens with zero attached hydrogens (tertiary/aromatic N) is 3. The van der Waals surface area contributed by atoms with E-state index in [0.29, 0.717) is 25.1 Å². The van der Waals surface area contributed by atoms with Gasteiger partial charge in [0.05, 0.1) is 0 Å². The summed E-state index contributed by atoms with van der Waals surface area (Å²) in [6, 6.07) is 4.90. The van der Waals surface area contributed by atoms with Crippen LogP contribution >= 0.6 is 0 Å². The van der Waals surface area contributed by atoms with Crippen molar-refractivity contribution in [2.75, 3.05) is 13.1 Å². The summed E-state index contributed by atoms with van der Waals surface area (Å²) in [5.41, 5.74) is 3.00. The largest absolute Gasteiger partial charge is 0.480 e. The number of carboxylic acid groups (broad SMARTS) is 1. The normalized spacial score (nSPS) is 13.1. The van der Waals surface area contributed by atoms with Crippen molar-refractivity contribution in [2.24, 2.45) is 5.92 Å². The zero-order valence-electron chi connectivity index (χ0n) is 15.8. The number of amides is 1. The van der Waals surface area contributed by atoms with Gasteiger partial charge in [-0.1, -0.05) is 19.9 Å². The summed E-state index contributed by atoms with van der Waals surface area (Å²) in [6.45, 7) is 5.61. The number of hydrogen-bond donors (Lipinski definition) is 1. The number of carboxylic acids is 1. The second-order valence-electron chi connectivity index (χ2n) is 7.47. The van der Waals surface area contributed by atoms with E-state index in [1.165, 1.54) is 15.6 Å². The summed E-state index contributed by atoms with van der Waals surface area (Å²) in [7, 11) is 0. The number of halogens is 1. The van der Waals surface area contributed by atoms with Crippen LogP contribution in [-0.2, 0) is 17.6 Å². The molecule has 0 saturated carbocycles. The highest BCUT2D eigenvalue weighted by Gasteiger charge is 2.31. The number of fused-ring (bicyclic) bond motifs is 1. The van der Waals surface area contributed by atoms with Crippen LogP contribution in [0.4, 0.5) is 4.39 Å². The first-order valence-corrected chi connectivity index (χ1v) is 9.16. The third-order valence-corrected chi connectivity index (χ3v) is 4.66. The summed E-state index contributed by atoms with van der Waals surface area (Å²) in [5, 5.41) is 13.6. The molecule has 27 heavy (non-hydrogen) atoms. The first-order valence-electron chi connectivity index (χ1n) is 9.16. The molecule has 3 rings (SSSR count). The second kappa shape index (κ2) is 7.50. The molecule has 2 aromatic rings. The van der Waals surface area contributed by atoms with E-state index < -0.39 is 17.7 Å². The maximum absolute atomic E-state index is 14.5. The fourth-order valence-corrected chi connectivity index (χ4v) is 3.57. The van der Waals surface area contributed by atoms with E-state index in [-0.39, 0.29) is 18.2 Å². The van der Waals surface area contributed by atoms with Crippen molar-refractivity contribution in [3.05, 3.63) is 46.5 Å². The number of hydrogen-bond acceptors (Lipinski definition) is 3. The van der Waals surface area contributed by atoms with Crippen LogP contribution in [-0.4, -0.2) is 44.8 Å². The van der Waals surface area contributed by atoms with E-state index in [1.54, 1.807) is 12.1 Å². The Balaban J connectivity index is 2.03. The van der Waals surface area contributed by atoms with Gasteiger partial charge in [-0.2, -0.15) is 5.10 Å². The zero-order valence-corrected chi connectivity index (χ0v) is 15.8. The van der Waals surface area contributed by atoms with Gasteiger partial charge in [0.2, 0.25) is 0 Å². The van der Waals surface area contributed by atoms with Crippen molar-refractivity contribution >= 4 is 11.9 Å². The number of aliphatic carboxylic acids is 1. The second-order valence-corrected chi connectivity index (χ2v) is 7.47. The minimum Gasteiger partial charge on any atom is -0.480 e. The van der Waals surface area contributed by atoms with Crippen LogP contribution in [0.5, 0.6) is 0 Å². The lowest BCUT2D eigenvalue weighted by Crippen LogP contribution is -2.38. The number of aryl methyl sites for hydroxylation is 1. The van der Waals surface area contributed by atoms with E-state index in [9.17, 15) is 14.0 Å². The zero-order chi connectivity index (χ0) is 19.7. The topological polar surface area (TPSA) is 75.4 Å². The molecule has 1 aliphatic carbocycles. The summed E-state index contributed by atoms with van der Waals surface area (Å²) in [6.07, 6.45) is 2.27. The van der Waals surface area contributed by atoms with Crippen LogP contribution in [0, 0.1) is 18.7 Å². The molecule has 1 aromatic carbocycles. The molecule has 0 aliphatic heterocycles. The summed E-state index contributed by atoms with van der Waals surface area (Å²) in [4.78, 5) is 25.6. The number of carbonyl (C=O) groups excluding carboxylic acids is 1. The fraction of sp³-hybridized carbons (Fsp3) is 0.450. The van der Waals surface area contributed by atoms with Crippen LogP contribution in [0.15, 0.2) is 18.2 Å². The van der Waals surface area contributed by atoms with Crippen molar-refractivity contribution in [3.63, 3.8) is 0 Å². The Morgan fingerprint density at radius 2 is 2.07 bits per heavy atom. The molecule has 1 N–H and O–H groups in total. The quantitative estimate of drug-likeness (QED) is 0.845. The molecular formula is C20H24FN3O3. The Labute approximate surface area is 157 Å². The van der Waals surface area contributed by atoms with Crippen molar-refractivity contribution in [2.45, 2.75) is 40.0 Å². The van der Waals surface area contributed by atoms with Gasteiger partial charge in [-0.25, -0.2) is 9.07 Å². The van der Waals surface area contributed by atoms with Crippen LogP contribution in [0.1, 0.15) is 47.6 Å². The van der Waals surface area contributed by atoms with E-state index in [1.807, 2.05) is 20.8 Å². The van der Waals surface area contributed by atoms with Crippen molar-refractivity contribution in [1.82, 2.24) is 14.7 Å². The highest BCUT2D eigenvalue weighted by Crippen LogP contribution is 2.29. The lowest BCUT2D eigenvalue weighted by molar-refractivity contribution is -0.137. The highest BCUT2D eigenvalue weighted by atomic mass is 19.1. The summed E-state index contributed by atoms with van der Waals surface area (Å²) in [5.74, 6) is -1.74. The van der Waals surface area contributed by atoms with Crippen molar-refractivity contribution in [1.29, 1.82) is 0 Å². The Morgan fingerprint density at radius 1 is 1.33 bits per heavy atom.